The fraction of sp³-hybridized carbons (Fsp3) is 0.632. The van der Waals surface area contributed by atoms with Crippen LogP contribution in [0.25, 0.3) is 0 Å². The lowest BCUT2D eigenvalue weighted by Crippen LogP contribution is -2.64. The van der Waals surface area contributed by atoms with Crippen LogP contribution >= 0.6 is 11.3 Å². The van der Waals surface area contributed by atoms with E-state index in [-0.39, 0.29) is 18.8 Å². The van der Waals surface area contributed by atoms with E-state index >= 15 is 0 Å². The number of hydrogen-bond acceptors (Lipinski definition) is 7. The molecule has 7 N–H and O–H groups in total. The number of primary amides is 1. The van der Waals surface area contributed by atoms with Crippen molar-refractivity contribution in [3.63, 3.8) is 0 Å². The number of thiophene rings is 1. The van der Waals surface area contributed by atoms with Crippen LogP contribution in [-0.4, -0.2) is 62.9 Å². The smallest absolute Gasteiger partial charge is 0.252 e. The van der Waals surface area contributed by atoms with Crippen molar-refractivity contribution in [2.45, 2.75) is 69.4 Å². The fourth-order valence-corrected chi connectivity index (χ4v) is 4.17. The summed E-state index contributed by atoms with van der Waals surface area (Å²) in [5.74, 6) is -1.92. The van der Waals surface area contributed by atoms with Crippen LogP contribution in [0.3, 0.4) is 0 Å². The standard InChI is InChI=1S/C19H29N3O6S/c1-10(2)6-12(17(20)26)22-18(27)19(28)8-13(16(25)14(23)9-19)21-15(24)7-11-4-3-5-29-11/h3-5,10,12-14,16,23,25,28H,6-9H2,1-2H3,(H2,20,26)(H,21,24)(H,22,27)/t12-,13+,14-,16-,19-/m1/s1. The number of nitrogens with two attached hydrogens (primary N) is 1. The molecule has 1 aliphatic carbocycles. The van der Waals surface area contributed by atoms with E-state index in [1.807, 2.05) is 25.3 Å². The van der Waals surface area contributed by atoms with Gasteiger partial charge < -0.3 is 31.7 Å². The summed E-state index contributed by atoms with van der Waals surface area (Å²) in [6, 6.07) is 1.60. The Kier molecular flexibility index (Phi) is 7.75. The molecule has 9 nitrogen and oxygen atoms in total. The van der Waals surface area contributed by atoms with E-state index < -0.39 is 54.0 Å². The Hall–Kier alpha value is -2.01. The second-order valence-corrected chi connectivity index (χ2v) is 9.02. The zero-order valence-electron chi connectivity index (χ0n) is 16.5. The molecule has 2 rings (SSSR count). The monoisotopic (exact) mass is 427 g/mol. The van der Waals surface area contributed by atoms with Crippen molar-refractivity contribution in [2.75, 3.05) is 0 Å². The highest BCUT2D eigenvalue weighted by Gasteiger charge is 2.49. The number of hydrogen-bond donors (Lipinski definition) is 6. The lowest BCUT2D eigenvalue weighted by atomic mass is 9.77. The molecule has 1 aromatic heterocycles. The van der Waals surface area contributed by atoms with Gasteiger partial charge in [-0.25, -0.2) is 0 Å². The number of rotatable bonds is 8. The summed E-state index contributed by atoms with van der Waals surface area (Å²) in [6.45, 7) is 3.72. The van der Waals surface area contributed by atoms with Gasteiger partial charge in [-0.15, -0.1) is 11.3 Å². The van der Waals surface area contributed by atoms with Crippen molar-refractivity contribution in [1.29, 1.82) is 0 Å². The number of aliphatic hydroxyl groups excluding tert-OH is 2. The third-order valence-corrected chi connectivity index (χ3v) is 5.83. The summed E-state index contributed by atoms with van der Waals surface area (Å²) in [4.78, 5) is 37.4. The molecule has 0 aliphatic heterocycles. The van der Waals surface area contributed by atoms with Gasteiger partial charge in [0.1, 0.15) is 17.7 Å². The van der Waals surface area contributed by atoms with Crippen molar-refractivity contribution in [3.05, 3.63) is 22.4 Å². The Bertz CT molecular complexity index is 726. The minimum atomic E-state index is -2.07. The third kappa shape index (κ3) is 6.23. The van der Waals surface area contributed by atoms with Gasteiger partial charge in [0.2, 0.25) is 11.8 Å². The van der Waals surface area contributed by atoms with Gasteiger partial charge >= 0.3 is 0 Å². The molecular formula is C19H29N3O6S. The molecule has 3 amide bonds. The summed E-state index contributed by atoms with van der Waals surface area (Å²) in [7, 11) is 0. The molecule has 1 aliphatic rings. The molecule has 10 heteroatoms. The Morgan fingerprint density at radius 3 is 2.55 bits per heavy atom. The Morgan fingerprint density at radius 2 is 2.00 bits per heavy atom. The van der Waals surface area contributed by atoms with Crippen molar-refractivity contribution >= 4 is 29.1 Å². The Labute approximate surface area is 173 Å². The molecule has 29 heavy (non-hydrogen) atoms. The quantitative estimate of drug-likeness (QED) is 0.313. The average molecular weight is 428 g/mol. The van der Waals surface area contributed by atoms with Gasteiger partial charge in [0.25, 0.3) is 5.91 Å². The fourth-order valence-electron chi connectivity index (χ4n) is 3.46. The lowest BCUT2D eigenvalue weighted by Gasteiger charge is -2.41. The lowest BCUT2D eigenvalue weighted by molar-refractivity contribution is -0.160. The van der Waals surface area contributed by atoms with Crippen LogP contribution in [0.1, 0.15) is 38.0 Å². The van der Waals surface area contributed by atoms with Crippen LogP contribution < -0.4 is 16.4 Å². The maximum absolute atomic E-state index is 12.7. The number of amides is 3. The zero-order chi connectivity index (χ0) is 21.8. The topological polar surface area (TPSA) is 162 Å². The van der Waals surface area contributed by atoms with E-state index in [4.69, 9.17) is 5.73 Å². The molecule has 0 radical (unpaired) electrons. The number of carbonyl (C=O) groups excluding carboxylic acids is 3. The van der Waals surface area contributed by atoms with E-state index in [2.05, 4.69) is 10.6 Å². The molecule has 0 aromatic carbocycles. The van der Waals surface area contributed by atoms with Crippen LogP contribution in [0, 0.1) is 5.92 Å². The Balaban J connectivity index is 2.07. The predicted molar refractivity (Wildman–Crippen MR) is 107 cm³/mol. The zero-order valence-corrected chi connectivity index (χ0v) is 17.3. The first-order chi connectivity index (χ1) is 13.5. The van der Waals surface area contributed by atoms with Gasteiger partial charge in [-0.05, 0) is 23.8 Å². The third-order valence-electron chi connectivity index (χ3n) is 4.95. The number of aliphatic hydroxyl groups is 3. The molecule has 1 aromatic rings. The second kappa shape index (κ2) is 9.66. The molecule has 0 saturated heterocycles. The highest BCUT2D eigenvalue weighted by Crippen LogP contribution is 2.30. The van der Waals surface area contributed by atoms with Gasteiger partial charge in [0.05, 0.1) is 18.6 Å². The molecule has 1 fully saturated rings. The first-order valence-electron chi connectivity index (χ1n) is 9.52. The molecule has 0 unspecified atom stereocenters. The summed E-state index contributed by atoms with van der Waals surface area (Å²) < 4.78 is 0. The van der Waals surface area contributed by atoms with Gasteiger partial charge in [-0.2, -0.15) is 0 Å². The molecule has 5 atom stereocenters. The predicted octanol–water partition coefficient (Wildman–Crippen LogP) is -0.962. The SMILES string of the molecule is CC(C)C[C@@H](NC(=O)[C@]1(O)C[C@@H](O)[C@H](O)[C@@H](NC(=O)Cc2cccs2)C1)C(N)=O. The number of nitrogens with one attached hydrogen (secondary N) is 2. The van der Waals surface area contributed by atoms with Gasteiger partial charge in [-0.3, -0.25) is 14.4 Å². The van der Waals surface area contributed by atoms with E-state index in [0.717, 1.165) is 4.88 Å². The normalized spacial score (nSPS) is 28.0. The average Bonchev–Trinajstić information content (AvgIpc) is 3.11. The van der Waals surface area contributed by atoms with Crippen LogP contribution in [-0.2, 0) is 20.8 Å². The summed E-state index contributed by atoms with van der Waals surface area (Å²) in [5, 5.41) is 38.1. The van der Waals surface area contributed by atoms with Crippen LogP contribution in [0.2, 0.25) is 0 Å². The minimum absolute atomic E-state index is 0.0745. The molecule has 0 spiro atoms. The van der Waals surface area contributed by atoms with E-state index in [9.17, 15) is 29.7 Å². The van der Waals surface area contributed by atoms with Gasteiger partial charge in [0.15, 0.2) is 0 Å². The Morgan fingerprint density at radius 1 is 1.31 bits per heavy atom. The summed E-state index contributed by atoms with van der Waals surface area (Å²) in [6.07, 6.45) is -3.12. The molecule has 1 heterocycles. The van der Waals surface area contributed by atoms with E-state index in [0.29, 0.717) is 6.42 Å². The van der Waals surface area contributed by atoms with E-state index in [1.165, 1.54) is 11.3 Å². The maximum Gasteiger partial charge on any atom is 0.252 e. The number of carbonyl (C=O) groups is 3. The highest BCUT2D eigenvalue weighted by atomic mass is 32.1. The largest absolute Gasteiger partial charge is 0.390 e. The first kappa shape index (κ1) is 23.3. The highest BCUT2D eigenvalue weighted by molar-refractivity contribution is 7.10. The molecular weight excluding hydrogens is 398 g/mol. The maximum atomic E-state index is 12.7. The van der Waals surface area contributed by atoms with Crippen molar-refractivity contribution < 1.29 is 29.7 Å². The van der Waals surface area contributed by atoms with Crippen LogP contribution in [0.5, 0.6) is 0 Å². The van der Waals surface area contributed by atoms with Crippen molar-refractivity contribution in [1.82, 2.24) is 10.6 Å². The van der Waals surface area contributed by atoms with Crippen LogP contribution in [0.4, 0.5) is 0 Å². The van der Waals surface area contributed by atoms with Crippen LogP contribution in [0.15, 0.2) is 17.5 Å². The van der Waals surface area contributed by atoms with Crippen molar-refractivity contribution in [3.8, 4) is 0 Å². The minimum Gasteiger partial charge on any atom is -0.390 e. The van der Waals surface area contributed by atoms with Gasteiger partial charge in [-0.1, -0.05) is 19.9 Å². The molecule has 1 saturated carbocycles. The van der Waals surface area contributed by atoms with E-state index in [1.54, 1.807) is 6.07 Å². The summed E-state index contributed by atoms with van der Waals surface area (Å²) in [5.41, 5.74) is 3.27. The second-order valence-electron chi connectivity index (χ2n) is 7.99. The van der Waals surface area contributed by atoms with Gasteiger partial charge in [0, 0.05) is 17.7 Å². The summed E-state index contributed by atoms with van der Waals surface area (Å²) >= 11 is 1.40. The molecule has 162 valence electrons. The molecule has 0 bridgehead atoms. The first-order valence-corrected chi connectivity index (χ1v) is 10.4. The van der Waals surface area contributed by atoms with Crippen molar-refractivity contribution in [2.24, 2.45) is 11.7 Å².